The molecule has 0 spiro atoms. The molecule has 0 saturated carbocycles. The minimum Gasteiger partial charge on any atom is -0.444 e. The highest BCUT2D eigenvalue weighted by molar-refractivity contribution is 5.87. The summed E-state index contributed by atoms with van der Waals surface area (Å²) < 4.78 is 11.5. The maximum atomic E-state index is 13.0. The molecule has 4 heterocycles. The Balaban J connectivity index is 0.000000186. The van der Waals surface area contributed by atoms with E-state index in [1.807, 2.05) is 51.3 Å². The number of piperidine rings is 3. The van der Waals surface area contributed by atoms with Crippen molar-refractivity contribution in [3.63, 3.8) is 0 Å². The summed E-state index contributed by atoms with van der Waals surface area (Å²) in [6, 6.07) is 27.3. The van der Waals surface area contributed by atoms with Gasteiger partial charge in [0.1, 0.15) is 11.2 Å². The largest absolute Gasteiger partial charge is 0.444 e. The first-order valence-corrected chi connectivity index (χ1v) is 23.5. The van der Waals surface area contributed by atoms with E-state index in [-0.39, 0.29) is 24.3 Å². The summed E-state index contributed by atoms with van der Waals surface area (Å²) in [4.78, 5) is 34.7. The third-order valence-corrected chi connectivity index (χ3v) is 13.4. The smallest absolute Gasteiger partial charge is 0.410 e. The summed E-state index contributed by atoms with van der Waals surface area (Å²) in [5.74, 6) is 1.64. The van der Waals surface area contributed by atoms with Gasteiger partial charge in [0, 0.05) is 26.2 Å². The topological polar surface area (TPSA) is 65.6 Å². The Labute approximate surface area is 372 Å². The number of likely N-dealkylation sites (tertiary alicyclic amines) is 3. The third-order valence-electron chi connectivity index (χ3n) is 13.4. The minimum atomic E-state index is -0.484. The summed E-state index contributed by atoms with van der Waals surface area (Å²) in [7, 11) is 4.38. The van der Waals surface area contributed by atoms with E-state index in [1.165, 1.54) is 75.3 Å². The van der Waals surface area contributed by atoms with Crippen molar-refractivity contribution in [2.24, 2.45) is 11.8 Å². The van der Waals surface area contributed by atoms with E-state index in [9.17, 15) is 9.59 Å². The molecule has 0 bridgehead atoms. The fourth-order valence-electron chi connectivity index (χ4n) is 9.83. The van der Waals surface area contributed by atoms with Gasteiger partial charge in [-0.25, -0.2) is 9.59 Å². The normalized spacial score (nSPS) is 23.4. The van der Waals surface area contributed by atoms with Gasteiger partial charge in [-0.3, -0.25) is 0 Å². The number of benzene rings is 4. The minimum absolute atomic E-state index is 0.0710. The van der Waals surface area contributed by atoms with Crippen LogP contribution in [-0.4, -0.2) is 96.4 Å². The van der Waals surface area contributed by atoms with Gasteiger partial charge >= 0.3 is 12.2 Å². The van der Waals surface area contributed by atoms with Crippen molar-refractivity contribution in [1.29, 1.82) is 0 Å². The van der Waals surface area contributed by atoms with Crippen LogP contribution in [0.4, 0.5) is 9.59 Å². The average molecular weight is 843 g/mol. The quantitative estimate of drug-likeness (QED) is 0.204. The molecule has 62 heavy (non-hydrogen) atoms. The van der Waals surface area contributed by atoms with E-state index < -0.39 is 11.2 Å². The van der Waals surface area contributed by atoms with E-state index in [0.29, 0.717) is 17.8 Å². The highest BCUT2D eigenvalue weighted by Crippen LogP contribution is 2.39. The fourth-order valence-corrected chi connectivity index (χ4v) is 9.83. The highest BCUT2D eigenvalue weighted by atomic mass is 16.6. The van der Waals surface area contributed by atoms with Crippen LogP contribution in [0.3, 0.4) is 0 Å². The van der Waals surface area contributed by atoms with Crippen LogP contribution in [0.25, 0.3) is 27.1 Å². The van der Waals surface area contributed by atoms with Gasteiger partial charge in [0.15, 0.2) is 0 Å². The van der Waals surface area contributed by atoms with Crippen LogP contribution in [0.15, 0.2) is 78.9 Å². The Morgan fingerprint density at radius 1 is 0.548 bits per heavy atom. The Morgan fingerprint density at radius 3 is 1.50 bits per heavy atom. The van der Waals surface area contributed by atoms with Crippen molar-refractivity contribution >= 4 is 39.3 Å². The van der Waals surface area contributed by atoms with E-state index in [2.05, 4.69) is 117 Å². The van der Waals surface area contributed by atoms with Gasteiger partial charge in [-0.15, -0.1) is 0 Å². The molecule has 0 aliphatic carbocycles. The van der Waals surface area contributed by atoms with Gasteiger partial charge in [0.2, 0.25) is 0 Å². The lowest BCUT2D eigenvalue weighted by atomic mass is 9.87. The van der Waals surface area contributed by atoms with Crippen LogP contribution >= 0.6 is 0 Å². The Kier molecular flexibility index (Phi) is 14.1. The Bertz CT molecular complexity index is 2230. The molecule has 334 valence electrons. The number of ether oxygens (including phenoxy) is 2. The van der Waals surface area contributed by atoms with Gasteiger partial charge in [0.05, 0.1) is 12.1 Å². The second kappa shape index (κ2) is 19.1. The van der Waals surface area contributed by atoms with E-state index >= 15 is 0 Å². The van der Waals surface area contributed by atoms with Crippen LogP contribution in [0.2, 0.25) is 0 Å². The first-order valence-electron chi connectivity index (χ1n) is 23.5. The lowest BCUT2D eigenvalue weighted by Crippen LogP contribution is -2.44. The number of carbonyl (C=O) groups is 2. The standard InChI is InChI=1S/C27H38N2O2.C27H36N2O2/c2*1-19-6-11-25(29(18-19)26(30)31-27(2,3)4)23-10-8-20-7-9-22(16-24(20)17-23)21-12-14-28(5)15-13-21/h7-10,16-17,19,21,25H,6,11-15,18H2,1-5H3;7-10,12,16-17,19,25H,6,11,13-15,18H2,1-5H3/t2*19-,25+/m00/s1. The molecule has 3 saturated heterocycles. The van der Waals surface area contributed by atoms with Crippen LogP contribution in [0.1, 0.15) is 141 Å². The van der Waals surface area contributed by atoms with Crippen LogP contribution in [-0.2, 0) is 9.47 Å². The van der Waals surface area contributed by atoms with Gasteiger partial charge in [-0.05, 0) is 199 Å². The molecule has 4 aliphatic heterocycles. The van der Waals surface area contributed by atoms with E-state index in [1.54, 1.807) is 0 Å². The van der Waals surface area contributed by atoms with E-state index in [4.69, 9.17) is 9.47 Å². The summed E-state index contributed by atoms with van der Waals surface area (Å²) in [5.41, 5.74) is 5.69. The molecule has 0 radical (unpaired) electrons. The number of amides is 2. The first-order chi connectivity index (χ1) is 29.4. The highest BCUT2D eigenvalue weighted by Gasteiger charge is 2.35. The summed E-state index contributed by atoms with van der Waals surface area (Å²) in [5, 5.41) is 5.05. The molecule has 3 fully saturated rings. The first kappa shape index (κ1) is 45.6. The van der Waals surface area contributed by atoms with Crippen molar-refractivity contribution in [3.8, 4) is 0 Å². The number of nitrogens with zero attached hydrogens (tertiary/aromatic N) is 4. The zero-order valence-electron chi connectivity index (χ0n) is 39.5. The molecule has 4 aliphatic rings. The molecule has 0 aromatic heterocycles. The van der Waals surface area contributed by atoms with Crippen molar-refractivity contribution in [2.45, 2.75) is 130 Å². The molecular weight excluding hydrogens is 769 g/mol. The second-order valence-corrected chi connectivity index (χ2v) is 21.2. The van der Waals surface area contributed by atoms with Gasteiger partial charge in [-0.2, -0.15) is 0 Å². The summed E-state index contributed by atoms with van der Waals surface area (Å²) in [6.07, 6.45) is 9.74. The number of hydrogen-bond acceptors (Lipinski definition) is 6. The third kappa shape index (κ3) is 11.6. The van der Waals surface area contributed by atoms with Crippen molar-refractivity contribution in [1.82, 2.24) is 19.6 Å². The Hall–Kier alpha value is -4.40. The van der Waals surface area contributed by atoms with Gasteiger partial charge < -0.3 is 29.1 Å². The zero-order valence-corrected chi connectivity index (χ0v) is 39.5. The fraction of sp³-hybridized carbons (Fsp3) is 0.556. The number of likely N-dealkylation sites (N-methyl/N-ethyl adjacent to an activating group) is 1. The van der Waals surface area contributed by atoms with Crippen LogP contribution < -0.4 is 0 Å². The molecule has 8 heteroatoms. The van der Waals surface area contributed by atoms with Crippen molar-refractivity contribution in [3.05, 3.63) is 101 Å². The average Bonchev–Trinajstić information content (AvgIpc) is 3.22. The van der Waals surface area contributed by atoms with Crippen LogP contribution in [0, 0.1) is 11.8 Å². The SMILES string of the molecule is C[C@H]1CC[C@H](c2ccc3ccc(C4=CCN(C)CC4)cc3c2)N(C(=O)OC(C)(C)C)C1.C[C@H]1CC[C@H](c2ccc3ccc(C4CCN(C)CC4)cc3c2)N(C(=O)OC(C)(C)C)C1. The number of fused-ring (bicyclic) bond motifs is 2. The van der Waals surface area contributed by atoms with Gasteiger partial charge in [-0.1, -0.05) is 74.5 Å². The zero-order chi connectivity index (χ0) is 44.3. The summed E-state index contributed by atoms with van der Waals surface area (Å²) in [6.45, 7) is 22.0. The molecule has 8 rings (SSSR count). The molecule has 4 atom stereocenters. The van der Waals surface area contributed by atoms with Crippen LogP contribution in [0.5, 0.6) is 0 Å². The Morgan fingerprint density at radius 2 is 1.02 bits per heavy atom. The maximum Gasteiger partial charge on any atom is 0.410 e. The van der Waals surface area contributed by atoms with Gasteiger partial charge in [0.25, 0.3) is 0 Å². The molecule has 0 unspecified atom stereocenters. The maximum absolute atomic E-state index is 13.0. The lowest BCUT2D eigenvalue weighted by Gasteiger charge is -2.39. The second-order valence-electron chi connectivity index (χ2n) is 21.2. The molecule has 4 aromatic rings. The van der Waals surface area contributed by atoms with E-state index in [0.717, 1.165) is 58.3 Å². The monoisotopic (exact) mass is 843 g/mol. The predicted molar refractivity (Wildman–Crippen MR) is 256 cm³/mol. The number of rotatable bonds is 4. The lowest BCUT2D eigenvalue weighted by molar-refractivity contribution is 0.00278. The molecule has 0 N–H and O–H groups in total. The molecule has 2 amide bonds. The molecule has 8 nitrogen and oxygen atoms in total. The summed E-state index contributed by atoms with van der Waals surface area (Å²) >= 11 is 0. The van der Waals surface area contributed by atoms with Crippen molar-refractivity contribution in [2.75, 3.05) is 53.4 Å². The predicted octanol–water partition coefficient (Wildman–Crippen LogP) is 12.6. The number of hydrogen-bond donors (Lipinski definition) is 0. The number of carbonyl (C=O) groups excluding carboxylic acids is 2. The molecule has 4 aromatic carbocycles. The molecular formula is C54H74N4O4. The van der Waals surface area contributed by atoms with Crippen molar-refractivity contribution < 1.29 is 19.1 Å².